The Hall–Kier alpha value is -2.82. The normalized spacial score (nSPS) is 11.5. The fraction of sp³-hybridized carbons (Fsp3) is 0.263. The highest BCUT2D eigenvalue weighted by atomic mass is 16.5. The van der Waals surface area contributed by atoms with Crippen molar-refractivity contribution in [2.75, 3.05) is 10.6 Å². The molecule has 0 aliphatic heterocycles. The van der Waals surface area contributed by atoms with Crippen molar-refractivity contribution in [3.05, 3.63) is 54.1 Å². The van der Waals surface area contributed by atoms with Gasteiger partial charge >= 0.3 is 0 Å². The molecule has 5 heteroatoms. The van der Waals surface area contributed by atoms with E-state index in [9.17, 15) is 9.59 Å². The number of ether oxygens (including phenoxy) is 1. The van der Waals surface area contributed by atoms with E-state index in [0.717, 1.165) is 5.56 Å². The van der Waals surface area contributed by atoms with E-state index in [0.29, 0.717) is 23.5 Å². The monoisotopic (exact) mass is 326 g/mol. The largest absolute Gasteiger partial charge is 0.481 e. The fourth-order valence-electron chi connectivity index (χ4n) is 2.23. The van der Waals surface area contributed by atoms with Gasteiger partial charge in [0.25, 0.3) is 5.91 Å². The molecule has 2 aromatic rings. The van der Waals surface area contributed by atoms with Gasteiger partial charge in [-0.2, -0.15) is 0 Å². The Labute approximate surface area is 142 Å². The first-order valence-corrected chi connectivity index (χ1v) is 7.90. The zero-order valence-electron chi connectivity index (χ0n) is 14.1. The first-order valence-electron chi connectivity index (χ1n) is 7.90. The zero-order chi connectivity index (χ0) is 17.5. The number of benzene rings is 2. The third kappa shape index (κ3) is 4.84. The third-order valence-corrected chi connectivity index (χ3v) is 3.50. The van der Waals surface area contributed by atoms with Crippen LogP contribution in [0.5, 0.6) is 5.75 Å². The number of para-hydroxylation sites is 1. The van der Waals surface area contributed by atoms with Gasteiger partial charge in [0.2, 0.25) is 5.91 Å². The summed E-state index contributed by atoms with van der Waals surface area (Å²) in [5, 5.41) is 5.59. The Morgan fingerprint density at radius 1 is 1.08 bits per heavy atom. The van der Waals surface area contributed by atoms with Gasteiger partial charge < -0.3 is 15.4 Å². The van der Waals surface area contributed by atoms with Crippen LogP contribution in [0.15, 0.2) is 48.5 Å². The van der Waals surface area contributed by atoms with Crippen molar-refractivity contribution in [1.29, 1.82) is 0 Å². The molecule has 0 radical (unpaired) electrons. The van der Waals surface area contributed by atoms with Crippen molar-refractivity contribution < 1.29 is 14.3 Å². The highest BCUT2D eigenvalue weighted by Crippen LogP contribution is 2.21. The van der Waals surface area contributed by atoms with E-state index < -0.39 is 6.10 Å². The number of amides is 2. The molecule has 0 spiro atoms. The molecular weight excluding hydrogens is 304 g/mol. The number of anilines is 2. The molecule has 5 nitrogen and oxygen atoms in total. The molecule has 0 aromatic heterocycles. The molecule has 2 N–H and O–H groups in total. The summed E-state index contributed by atoms with van der Waals surface area (Å²) < 4.78 is 5.73. The summed E-state index contributed by atoms with van der Waals surface area (Å²) in [6.07, 6.45) is -0.0385. The standard InChI is InChI=1S/C19H22N2O3/c1-4-18(24-16-8-6-5-7-9-16)19(23)21-15-11-10-13(2)17(12-15)20-14(3)22/h5-12,18H,4H2,1-3H3,(H,20,22)(H,21,23). The number of hydrogen-bond donors (Lipinski definition) is 2. The van der Waals surface area contributed by atoms with Crippen LogP contribution < -0.4 is 15.4 Å². The molecule has 0 heterocycles. The summed E-state index contributed by atoms with van der Waals surface area (Å²) in [5.74, 6) is 0.279. The summed E-state index contributed by atoms with van der Waals surface area (Å²) in [7, 11) is 0. The van der Waals surface area contributed by atoms with E-state index in [1.807, 2.05) is 50.2 Å². The summed E-state index contributed by atoms with van der Waals surface area (Å²) >= 11 is 0. The highest BCUT2D eigenvalue weighted by molar-refractivity contribution is 5.96. The Morgan fingerprint density at radius 2 is 1.79 bits per heavy atom. The maximum atomic E-state index is 12.4. The fourth-order valence-corrected chi connectivity index (χ4v) is 2.23. The first-order chi connectivity index (χ1) is 11.5. The van der Waals surface area contributed by atoms with Crippen molar-refractivity contribution in [1.82, 2.24) is 0 Å². The Bertz CT molecular complexity index is 714. The number of carbonyl (C=O) groups excluding carboxylic acids is 2. The van der Waals surface area contributed by atoms with Crippen LogP contribution in [0.4, 0.5) is 11.4 Å². The van der Waals surface area contributed by atoms with Gasteiger partial charge in [-0.25, -0.2) is 0 Å². The minimum absolute atomic E-state index is 0.152. The zero-order valence-corrected chi connectivity index (χ0v) is 14.1. The van der Waals surface area contributed by atoms with Gasteiger partial charge in [0, 0.05) is 18.3 Å². The van der Waals surface area contributed by atoms with Crippen LogP contribution in [0.25, 0.3) is 0 Å². The SMILES string of the molecule is CCC(Oc1ccccc1)C(=O)Nc1ccc(C)c(NC(C)=O)c1. The molecule has 1 unspecified atom stereocenters. The lowest BCUT2D eigenvalue weighted by Gasteiger charge is -2.18. The van der Waals surface area contributed by atoms with Crippen molar-refractivity contribution in [3.8, 4) is 5.75 Å². The lowest BCUT2D eigenvalue weighted by molar-refractivity contribution is -0.122. The number of aryl methyl sites for hydroxylation is 1. The predicted molar refractivity (Wildman–Crippen MR) is 95.3 cm³/mol. The second kappa shape index (κ2) is 8.15. The summed E-state index contributed by atoms with van der Waals surface area (Å²) in [5.41, 5.74) is 2.22. The molecule has 24 heavy (non-hydrogen) atoms. The van der Waals surface area contributed by atoms with Crippen LogP contribution in [0, 0.1) is 6.92 Å². The average Bonchev–Trinajstić information content (AvgIpc) is 2.56. The van der Waals surface area contributed by atoms with Crippen molar-refractivity contribution in [3.63, 3.8) is 0 Å². The second-order valence-electron chi connectivity index (χ2n) is 5.53. The van der Waals surface area contributed by atoms with E-state index in [4.69, 9.17) is 4.74 Å². The van der Waals surface area contributed by atoms with Crippen LogP contribution in [-0.2, 0) is 9.59 Å². The lowest BCUT2D eigenvalue weighted by Crippen LogP contribution is -2.32. The maximum absolute atomic E-state index is 12.4. The molecule has 0 aliphatic rings. The second-order valence-corrected chi connectivity index (χ2v) is 5.53. The topological polar surface area (TPSA) is 67.4 Å². The van der Waals surface area contributed by atoms with Crippen molar-refractivity contribution >= 4 is 23.2 Å². The molecule has 0 fully saturated rings. The number of rotatable bonds is 6. The van der Waals surface area contributed by atoms with E-state index >= 15 is 0 Å². The average molecular weight is 326 g/mol. The number of nitrogens with one attached hydrogen (secondary N) is 2. The van der Waals surface area contributed by atoms with Crippen LogP contribution in [0.1, 0.15) is 25.8 Å². The molecule has 2 rings (SSSR count). The molecule has 126 valence electrons. The van der Waals surface area contributed by atoms with E-state index in [2.05, 4.69) is 10.6 Å². The summed E-state index contributed by atoms with van der Waals surface area (Å²) in [6, 6.07) is 14.6. The van der Waals surface area contributed by atoms with Gasteiger partial charge in [-0.3, -0.25) is 9.59 Å². The summed E-state index contributed by atoms with van der Waals surface area (Å²) in [4.78, 5) is 23.7. The van der Waals surface area contributed by atoms with Gasteiger partial charge in [0.1, 0.15) is 5.75 Å². The first kappa shape index (κ1) is 17.5. The van der Waals surface area contributed by atoms with E-state index in [-0.39, 0.29) is 11.8 Å². The van der Waals surface area contributed by atoms with Crippen molar-refractivity contribution in [2.45, 2.75) is 33.3 Å². The third-order valence-electron chi connectivity index (χ3n) is 3.50. The molecule has 1 atom stereocenters. The molecular formula is C19H22N2O3. The van der Waals surface area contributed by atoms with Crippen LogP contribution in [-0.4, -0.2) is 17.9 Å². The molecule has 2 aromatic carbocycles. The summed E-state index contributed by atoms with van der Waals surface area (Å²) in [6.45, 7) is 5.24. The Balaban J connectivity index is 2.08. The van der Waals surface area contributed by atoms with Gasteiger partial charge in [-0.1, -0.05) is 31.2 Å². The lowest BCUT2D eigenvalue weighted by atomic mass is 10.1. The van der Waals surface area contributed by atoms with E-state index in [1.54, 1.807) is 12.1 Å². The predicted octanol–water partition coefficient (Wildman–Crippen LogP) is 3.75. The molecule has 0 saturated heterocycles. The van der Waals surface area contributed by atoms with Gasteiger partial charge in [0.15, 0.2) is 6.10 Å². The smallest absolute Gasteiger partial charge is 0.265 e. The molecule has 2 amide bonds. The number of carbonyl (C=O) groups is 2. The maximum Gasteiger partial charge on any atom is 0.265 e. The minimum atomic E-state index is -0.585. The Morgan fingerprint density at radius 3 is 2.42 bits per heavy atom. The number of hydrogen-bond acceptors (Lipinski definition) is 3. The minimum Gasteiger partial charge on any atom is -0.481 e. The van der Waals surface area contributed by atoms with Gasteiger partial charge in [-0.05, 0) is 43.2 Å². The quantitative estimate of drug-likeness (QED) is 0.849. The van der Waals surface area contributed by atoms with Crippen LogP contribution >= 0.6 is 0 Å². The Kier molecular flexibility index (Phi) is 5.95. The van der Waals surface area contributed by atoms with Gasteiger partial charge in [-0.15, -0.1) is 0 Å². The van der Waals surface area contributed by atoms with E-state index in [1.165, 1.54) is 6.92 Å². The van der Waals surface area contributed by atoms with Crippen LogP contribution in [0.2, 0.25) is 0 Å². The van der Waals surface area contributed by atoms with Crippen molar-refractivity contribution in [2.24, 2.45) is 0 Å². The molecule has 0 aliphatic carbocycles. The highest BCUT2D eigenvalue weighted by Gasteiger charge is 2.18. The van der Waals surface area contributed by atoms with Gasteiger partial charge in [0.05, 0.1) is 0 Å². The molecule has 0 bridgehead atoms. The molecule has 0 saturated carbocycles. The van der Waals surface area contributed by atoms with Crippen LogP contribution in [0.3, 0.4) is 0 Å².